The summed E-state index contributed by atoms with van der Waals surface area (Å²) in [5.41, 5.74) is 0.936. The van der Waals surface area contributed by atoms with E-state index in [1.54, 1.807) is 0 Å². The van der Waals surface area contributed by atoms with Crippen LogP contribution in [0.3, 0.4) is 0 Å². The lowest BCUT2D eigenvalue weighted by molar-refractivity contribution is 0.0595. The van der Waals surface area contributed by atoms with Crippen LogP contribution in [-0.2, 0) is 0 Å². The van der Waals surface area contributed by atoms with Gasteiger partial charge in [0.1, 0.15) is 0 Å². The van der Waals surface area contributed by atoms with Gasteiger partial charge in [0.15, 0.2) is 0 Å². The fourth-order valence-corrected chi connectivity index (χ4v) is 1.91. The largest absolute Gasteiger partial charge is 0.390 e. The molecule has 0 saturated heterocycles. The van der Waals surface area contributed by atoms with E-state index in [9.17, 15) is 5.11 Å². The lowest BCUT2D eigenvalue weighted by atomic mass is 9.85. The van der Waals surface area contributed by atoms with E-state index in [2.05, 4.69) is 25.2 Å². The lowest BCUT2D eigenvalue weighted by Gasteiger charge is -2.24. The molecule has 1 nitrogen and oxygen atoms in total. The molecule has 1 unspecified atom stereocenters. The molecule has 1 N–H and O–H groups in total. The van der Waals surface area contributed by atoms with Crippen LogP contribution in [0.2, 0.25) is 0 Å². The minimum Gasteiger partial charge on any atom is -0.390 e. The Balaban J connectivity index is 2.52. The Hall–Kier alpha value is -0.560. The molecule has 1 aliphatic rings. The number of rotatable bonds is 3. The SMILES string of the molecule is CC(CC(C)(C)O)C1=CC=CCC1. The van der Waals surface area contributed by atoms with Gasteiger partial charge in [-0.15, -0.1) is 0 Å². The van der Waals surface area contributed by atoms with Crippen LogP contribution in [0, 0.1) is 5.92 Å². The van der Waals surface area contributed by atoms with E-state index >= 15 is 0 Å². The van der Waals surface area contributed by atoms with Crippen molar-refractivity contribution in [1.82, 2.24) is 0 Å². The third kappa shape index (κ3) is 3.77. The molecule has 0 aromatic carbocycles. The summed E-state index contributed by atoms with van der Waals surface area (Å²) in [4.78, 5) is 0. The predicted molar refractivity (Wildman–Crippen MR) is 56.5 cm³/mol. The monoisotopic (exact) mass is 180 g/mol. The lowest BCUT2D eigenvalue weighted by Crippen LogP contribution is -2.23. The van der Waals surface area contributed by atoms with E-state index in [0.717, 1.165) is 19.3 Å². The van der Waals surface area contributed by atoms with Gasteiger partial charge < -0.3 is 5.11 Å². The van der Waals surface area contributed by atoms with E-state index in [1.165, 1.54) is 5.57 Å². The topological polar surface area (TPSA) is 20.2 Å². The molecule has 1 heteroatoms. The molecule has 0 heterocycles. The van der Waals surface area contributed by atoms with Gasteiger partial charge in [0, 0.05) is 0 Å². The highest BCUT2D eigenvalue weighted by molar-refractivity contribution is 5.19. The van der Waals surface area contributed by atoms with E-state index in [1.807, 2.05) is 13.8 Å². The normalized spacial score (nSPS) is 19.8. The van der Waals surface area contributed by atoms with Crippen molar-refractivity contribution in [2.75, 3.05) is 0 Å². The van der Waals surface area contributed by atoms with Crippen molar-refractivity contribution < 1.29 is 5.11 Å². The van der Waals surface area contributed by atoms with Gasteiger partial charge in [-0.1, -0.05) is 30.7 Å². The fraction of sp³-hybridized carbons (Fsp3) is 0.667. The zero-order valence-electron chi connectivity index (χ0n) is 8.88. The van der Waals surface area contributed by atoms with E-state index < -0.39 is 5.60 Å². The molecule has 0 saturated carbocycles. The molecule has 0 aromatic heterocycles. The van der Waals surface area contributed by atoms with Crippen LogP contribution < -0.4 is 0 Å². The Labute approximate surface area is 81.2 Å². The summed E-state index contributed by atoms with van der Waals surface area (Å²) < 4.78 is 0. The minimum absolute atomic E-state index is 0.505. The second-order valence-corrected chi connectivity index (χ2v) is 4.63. The van der Waals surface area contributed by atoms with Gasteiger partial charge in [-0.3, -0.25) is 0 Å². The predicted octanol–water partition coefficient (Wildman–Crippen LogP) is 3.06. The molecule has 0 spiro atoms. The number of allylic oxidation sites excluding steroid dienone is 4. The second-order valence-electron chi connectivity index (χ2n) is 4.63. The second kappa shape index (κ2) is 4.10. The molecule has 0 radical (unpaired) electrons. The first-order chi connectivity index (χ1) is 5.99. The molecule has 0 bridgehead atoms. The van der Waals surface area contributed by atoms with Crippen LogP contribution in [0.1, 0.15) is 40.0 Å². The van der Waals surface area contributed by atoms with Crippen molar-refractivity contribution in [3.05, 3.63) is 23.8 Å². The molecular formula is C12H20O. The highest BCUT2D eigenvalue weighted by Crippen LogP contribution is 2.27. The van der Waals surface area contributed by atoms with E-state index in [-0.39, 0.29) is 0 Å². The number of hydrogen-bond acceptors (Lipinski definition) is 1. The fourth-order valence-electron chi connectivity index (χ4n) is 1.91. The zero-order valence-corrected chi connectivity index (χ0v) is 8.88. The Morgan fingerprint density at radius 3 is 2.69 bits per heavy atom. The van der Waals surface area contributed by atoms with Gasteiger partial charge in [-0.25, -0.2) is 0 Å². The van der Waals surface area contributed by atoms with Crippen molar-refractivity contribution >= 4 is 0 Å². The molecular weight excluding hydrogens is 160 g/mol. The van der Waals surface area contributed by atoms with Crippen LogP contribution in [0.4, 0.5) is 0 Å². The number of aliphatic hydroxyl groups is 1. The zero-order chi connectivity index (χ0) is 9.90. The summed E-state index contributed by atoms with van der Waals surface area (Å²) in [7, 11) is 0. The maximum absolute atomic E-state index is 9.67. The van der Waals surface area contributed by atoms with Gasteiger partial charge in [0.05, 0.1) is 5.60 Å². The van der Waals surface area contributed by atoms with Gasteiger partial charge in [-0.2, -0.15) is 0 Å². The Kier molecular flexibility index (Phi) is 3.32. The average molecular weight is 180 g/mol. The van der Waals surface area contributed by atoms with Crippen molar-refractivity contribution in [3.63, 3.8) is 0 Å². The Morgan fingerprint density at radius 2 is 2.23 bits per heavy atom. The van der Waals surface area contributed by atoms with Gasteiger partial charge in [0.25, 0.3) is 0 Å². The van der Waals surface area contributed by atoms with Crippen LogP contribution in [-0.4, -0.2) is 10.7 Å². The molecule has 0 amide bonds. The number of hydrogen-bond donors (Lipinski definition) is 1. The van der Waals surface area contributed by atoms with Gasteiger partial charge in [0.2, 0.25) is 0 Å². The van der Waals surface area contributed by atoms with Crippen LogP contribution in [0.15, 0.2) is 23.8 Å². The maximum atomic E-state index is 9.67. The first-order valence-electron chi connectivity index (χ1n) is 5.07. The molecule has 0 fully saturated rings. The van der Waals surface area contributed by atoms with E-state index in [0.29, 0.717) is 5.92 Å². The highest BCUT2D eigenvalue weighted by Gasteiger charge is 2.19. The van der Waals surface area contributed by atoms with Crippen LogP contribution >= 0.6 is 0 Å². The summed E-state index contributed by atoms with van der Waals surface area (Å²) in [6.07, 6.45) is 9.68. The molecule has 1 atom stereocenters. The quantitative estimate of drug-likeness (QED) is 0.707. The summed E-state index contributed by atoms with van der Waals surface area (Å²) in [6, 6.07) is 0. The maximum Gasteiger partial charge on any atom is 0.0597 e. The molecule has 0 aromatic rings. The van der Waals surface area contributed by atoms with Crippen LogP contribution in [0.25, 0.3) is 0 Å². The van der Waals surface area contributed by atoms with Crippen molar-refractivity contribution in [1.29, 1.82) is 0 Å². The average Bonchev–Trinajstić information content (AvgIpc) is 2.03. The highest BCUT2D eigenvalue weighted by atomic mass is 16.3. The van der Waals surface area contributed by atoms with Gasteiger partial charge >= 0.3 is 0 Å². The standard InChI is InChI=1S/C12H20O/c1-10(9-12(2,3)13)11-7-5-4-6-8-11/h4-5,7,10,13H,6,8-9H2,1-3H3. The summed E-state index contributed by atoms with van der Waals surface area (Å²) in [5.74, 6) is 0.505. The minimum atomic E-state index is -0.540. The molecule has 0 aliphatic heterocycles. The molecule has 1 rings (SSSR count). The molecule has 1 aliphatic carbocycles. The summed E-state index contributed by atoms with van der Waals surface area (Å²) in [6.45, 7) is 5.95. The Morgan fingerprint density at radius 1 is 1.54 bits per heavy atom. The summed E-state index contributed by atoms with van der Waals surface area (Å²) >= 11 is 0. The van der Waals surface area contributed by atoms with E-state index in [4.69, 9.17) is 0 Å². The Bertz CT molecular complexity index is 218. The third-order valence-corrected chi connectivity index (χ3v) is 2.48. The van der Waals surface area contributed by atoms with Crippen molar-refractivity contribution in [2.45, 2.75) is 45.6 Å². The first-order valence-corrected chi connectivity index (χ1v) is 5.07. The van der Waals surface area contributed by atoms with Crippen molar-refractivity contribution in [2.24, 2.45) is 5.92 Å². The smallest absolute Gasteiger partial charge is 0.0597 e. The molecule has 74 valence electrons. The van der Waals surface area contributed by atoms with Crippen LogP contribution in [0.5, 0.6) is 0 Å². The summed E-state index contributed by atoms with van der Waals surface area (Å²) in [5, 5.41) is 9.67. The van der Waals surface area contributed by atoms with Gasteiger partial charge in [-0.05, 0) is 39.0 Å². The first kappa shape index (κ1) is 10.5. The van der Waals surface area contributed by atoms with Crippen molar-refractivity contribution in [3.8, 4) is 0 Å². The third-order valence-electron chi connectivity index (χ3n) is 2.48. The molecule has 13 heavy (non-hydrogen) atoms.